The number of imidazole rings is 1. The quantitative estimate of drug-likeness (QED) is 0.758. The van der Waals surface area contributed by atoms with Gasteiger partial charge in [-0.25, -0.2) is 4.98 Å². The van der Waals surface area contributed by atoms with Crippen LogP contribution in [0.1, 0.15) is 47.3 Å². The average Bonchev–Trinajstić information content (AvgIpc) is 3.39. The van der Waals surface area contributed by atoms with Gasteiger partial charge in [0.25, 0.3) is 5.91 Å². The molecule has 0 saturated carbocycles. The SMILES string of the molecule is CCc1cn[nH]c1[C@H]1CCCN(C(=O)c2ccccc2-c2ncc[nH]2)C1. The molecule has 1 amide bonds. The lowest BCUT2D eigenvalue weighted by atomic mass is 9.91. The van der Waals surface area contributed by atoms with Crippen molar-refractivity contribution >= 4 is 5.91 Å². The summed E-state index contributed by atoms with van der Waals surface area (Å²) in [6, 6.07) is 7.67. The molecule has 134 valence electrons. The number of H-pyrrole nitrogens is 2. The first-order chi connectivity index (χ1) is 12.8. The summed E-state index contributed by atoms with van der Waals surface area (Å²) < 4.78 is 0. The Morgan fingerprint density at radius 3 is 3.04 bits per heavy atom. The van der Waals surface area contributed by atoms with Crippen LogP contribution < -0.4 is 0 Å². The second-order valence-corrected chi connectivity index (χ2v) is 6.74. The van der Waals surface area contributed by atoms with Crippen molar-refractivity contribution in [3.63, 3.8) is 0 Å². The summed E-state index contributed by atoms with van der Waals surface area (Å²) in [5.74, 6) is 1.12. The molecule has 1 fully saturated rings. The smallest absolute Gasteiger partial charge is 0.254 e. The monoisotopic (exact) mass is 349 g/mol. The van der Waals surface area contributed by atoms with Crippen molar-refractivity contribution in [1.82, 2.24) is 25.1 Å². The molecule has 3 heterocycles. The number of nitrogens with zero attached hydrogens (tertiary/aromatic N) is 3. The molecular weight excluding hydrogens is 326 g/mol. The van der Waals surface area contributed by atoms with Crippen molar-refractivity contribution in [3.8, 4) is 11.4 Å². The number of benzene rings is 1. The van der Waals surface area contributed by atoms with Crippen molar-refractivity contribution in [2.24, 2.45) is 0 Å². The van der Waals surface area contributed by atoms with Gasteiger partial charge in [-0.3, -0.25) is 9.89 Å². The van der Waals surface area contributed by atoms with E-state index >= 15 is 0 Å². The standard InChI is InChI=1S/C20H23N5O/c1-2-14-12-23-24-18(14)15-6-5-11-25(13-15)20(26)17-8-4-3-7-16(17)19-21-9-10-22-19/h3-4,7-10,12,15H,2,5-6,11,13H2,1H3,(H,21,22)(H,23,24)/t15-/m0/s1. The fourth-order valence-corrected chi connectivity index (χ4v) is 3.81. The van der Waals surface area contributed by atoms with Crippen molar-refractivity contribution in [1.29, 1.82) is 0 Å². The lowest BCUT2D eigenvalue weighted by Crippen LogP contribution is -2.39. The lowest BCUT2D eigenvalue weighted by Gasteiger charge is -2.33. The van der Waals surface area contributed by atoms with E-state index in [1.54, 1.807) is 12.4 Å². The molecule has 26 heavy (non-hydrogen) atoms. The fourth-order valence-electron chi connectivity index (χ4n) is 3.81. The normalized spacial score (nSPS) is 17.4. The van der Waals surface area contributed by atoms with Gasteiger partial charge < -0.3 is 9.88 Å². The highest BCUT2D eigenvalue weighted by molar-refractivity contribution is 6.00. The molecular formula is C20H23N5O. The topological polar surface area (TPSA) is 77.7 Å². The van der Waals surface area contributed by atoms with Gasteiger partial charge in [0.1, 0.15) is 5.82 Å². The molecule has 0 bridgehead atoms. The van der Waals surface area contributed by atoms with Crippen LogP contribution in [-0.4, -0.2) is 44.1 Å². The van der Waals surface area contributed by atoms with Crippen molar-refractivity contribution in [2.75, 3.05) is 13.1 Å². The molecule has 4 rings (SSSR count). The maximum atomic E-state index is 13.2. The first kappa shape index (κ1) is 16.6. The highest BCUT2D eigenvalue weighted by Gasteiger charge is 2.28. The Bertz CT molecular complexity index is 883. The molecule has 0 aliphatic carbocycles. The molecule has 0 unspecified atom stereocenters. The minimum atomic E-state index is 0.0688. The van der Waals surface area contributed by atoms with Gasteiger partial charge in [-0.1, -0.05) is 25.1 Å². The first-order valence-corrected chi connectivity index (χ1v) is 9.18. The van der Waals surface area contributed by atoms with Gasteiger partial charge in [-0.2, -0.15) is 5.10 Å². The molecule has 0 radical (unpaired) electrons. The third kappa shape index (κ3) is 3.03. The van der Waals surface area contributed by atoms with Gasteiger partial charge in [-0.05, 0) is 30.9 Å². The minimum Gasteiger partial charge on any atom is -0.345 e. The van der Waals surface area contributed by atoms with E-state index in [1.165, 1.54) is 11.3 Å². The summed E-state index contributed by atoms with van der Waals surface area (Å²) in [5, 5.41) is 7.36. The number of aryl methyl sites for hydroxylation is 1. The molecule has 1 atom stereocenters. The largest absolute Gasteiger partial charge is 0.345 e. The van der Waals surface area contributed by atoms with Crippen LogP contribution in [-0.2, 0) is 6.42 Å². The van der Waals surface area contributed by atoms with Crippen LogP contribution in [0.3, 0.4) is 0 Å². The van der Waals surface area contributed by atoms with Crippen LogP contribution in [0.25, 0.3) is 11.4 Å². The molecule has 2 aromatic heterocycles. The maximum absolute atomic E-state index is 13.2. The highest BCUT2D eigenvalue weighted by Crippen LogP contribution is 2.30. The lowest BCUT2D eigenvalue weighted by molar-refractivity contribution is 0.0706. The van der Waals surface area contributed by atoms with Crippen LogP contribution in [0.15, 0.2) is 42.9 Å². The Hall–Kier alpha value is -2.89. The number of amides is 1. The maximum Gasteiger partial charge on any atom is 0.254 e. The second-order valence-electron chi connectivity index (χ2n) is 6.74. The number of nitrogens with one attached hydrogen (secondary N) is 2. The zero-order chi connectivity index (χ0) is 17.9. The van der Waals surface area contributed by atoms with Gasteiger partial charge in [0.2, 0.25) is 0 Å². The minimum absolute atomic E-state index is 0.0688. The number of carbonyl (C=O) groups is 1. The number of hydrogen-bond donors (Lipinski definition) is 2. The summed E-state index contributed by atoms with van der Waals surface area (Å²) in [6.45, 7) is 3.65. The van der Waals surface area contributed by atoms with Gasteiger partial charge in [-0.15, -0.1) is 0 Å². The van der Waals surface area contributed by atoms with Crippen LogP contribution in [0.4, 0.5) is 0 Å². The van der Waals surface area contributed by atoms with Crippen LogP contribution >= 0.6 is 0 Å². The summed E-state index contributed by atoms with van der Waals surface area (Å²) in [7, 11) is 0. The van der Waals surface area contributed by atoms with Crippen LogP contribution in [0.5, 0.6) is 0 Å². The van der Waals surface area contributed by atoms with Gasteiger partial charge in [0, 0.05) is 42.7 Å². The van der Waals surface area contributed by atoms with Crippen LogP contribution in [0, 0.1) is 0 Å². The van der Waals surface area contributed by atoms with E-state index in [0.29, 0.717) is 11.5 Å². The summed E-state index contributed by atoms with van der Waals surface area (Å²) in [5.41, 5.74) is 3.98. The number of rotatable bonds is 4. The van der Waals surface area contributed by atoms with E-state index in [0.717, 1.165) is 43.7 Å². The van der Waals surface area contributed by atoms with E-state index in [2.05, 4.69) is 27.1 Å². The zero-order valence-corrected chi connectivity index (χ0v) is 14.9. The molecule has 6 nitrogen and oxygen atoms in total. The molecule has 2 N–H and O–H groups in total. The number of carbonyl (C=O) groups excluding carboxylic acids is 1. The molecule has 6 heteroatoms. The Balaban J connectivity index is 1.59. The average molecular weight is 349 g/mol. The Kier molecular flexibility index (Phi) is 4.56. The zero-order valence-electron chi connectivity index (χ0n) is 14.9. The Morgan fingerprint density at radius 2 is 2.23 bits per heavy atom. The number of hydrogen-bond acceptors (Lipinski definition) is 3. The van der Waals surface area contributed by atoms with Gasteiger partial charge in [0.05, 0.1) is 11.8 Å². The highest BCUT2D eigenvalue weighted by atomic mass is 16.2. The number of aromatic nitrogens is 4. The van der Waals surface area contributed by atoms with E-state index < -0.39 is 0 Å². The van der Waals surface area contributed by atoms with E-state index in [-0.39, 0.29) is 5.91 Å². The van der Waals surface area contributed by atoms with Crippen molar-refractivity contribution in [2.45, 2.75) is 32.1 Å². The summed E-state index contributed by atoms with van der Waals surface area (Å²) >= 11 is 0. The molecule has 3 aromatic rings. The molecule has 1 saturated heterocycles. The second kappa shape index (κ2) is 7.15. The number of aromatic amines is 2. The van der Waals surface area contributed by atoms with E-state index in [4.69, 9.17) is 0 Å². The van der Waals surface area contributed by atoms with Crippen molar-refractivity contribution in [3.05, 3.63) is 59.7 Å². The van der Waals surface area contributed by atoms with Crippen molar-refractivity contribution < 1.29 is 4.79 Å². The Morgan fingerprint density at radius 1 is 1.35 bits per heavy atom. The predicted molar refractivity (Wildman–Crippen MR) is 99.9 cm³/mol. The number of likely N-dealkylation sites (tertiary alicyclic amines) is 1. The fraction of sp³-hybridized carbons (Fsp3) is 0.350. The Labute approximate surface area is 152 Å². The van der Waals surface area contributed by atoms with Gasteiger partial charge >= 0.3 is 0 Å². The molecule has 1 aliphatic rings. The third-order valence-electron chi connectivity index (χ3n) is 5.16. The third-order valence-corrected chi connectivity index (χ3v) is 5.16. The predicted octanol–water partition coefficient (Wildman–Crippen LogP) is 3.38. The number of piperidine rings is 1. The molecule has 1 aliphatic heterocycles. The van der Waals surface area contributed by atoms with E-state index in [1.807, 2.05) is 35.4 Å². The van der Waals surface area contributed by atoms with Gasteiger partial charge in [0.15, 0.2) is 0 Å². The van der Waals surface area contributed by atoms with E-state index in [9.17, 15) is 4.79 Å². The first-order valence-electron chi connectivity index (χ1n) is 9.18. The summed E-state index contributed by atoms with van der Waals surface area (Å²) in [4.78, 5) is 22.6. The molecule has 1 aromatic carbocycles. The molecule has 0 spiro atoms. The summed E-state index contributed by atoms with van der Waals surface area (Å²) in [6.07, 6.45) is 8.43. The van der Waals surface area contributed by atoms with Crippen LogP contribution in [0.2, 0.25) is 0 Å².